The van der Waals surface area contributed by atoms with Crippen LogP contribution in [0, 0.1) is 0 Å². The van der Waals surface area contributed by atoms with Gasteiger partial charge in [0.25, 0.3) is 11.5 Å². The molecule has 1 aromatic heterocycles. The van der Waals surface area contributed by atoms with Crippen LogP contribution >= 0.6 is 0 Å². The molecule has 1 heterocycles. The minimum atomic E-state index is -0.361. The first kappa shape index (κ1) is 8.46. The summed E-state index contributed by atoms with van der Waals surface area (Å²) in [5, 5.41) is 0. The molecule has 0 aliphatic rings. The molecule has 0 unspecified atom stereocenters. The number of nitrogens with zero attached hydrogens (tertiary/aromatic N) is 1. The molecule has 62 valence electrons. The van der Waals surface area contributed by atoms with Crippen LogP contribution in [0.5, 0.6) is 0 Å². The average Bonchev–Trinajstić information content (AvgIpc) is 2.04. The van der Waals surface area contributed by atoms with E-state index >= 15 is 0 Å². The second-order valence-electron chi connectivity index (χ2n) is 2.49. The quantitative estimate of drug-likeness (QED) is 0.581. The van der Waals surface area contributed by atoms with E-state index in [4.69, 9.17) is 0 Å². The van der Waals surface area contributed by atoms with Gasteiger partial charge in [0.15, 0.2) is 0 Å². The van der Waals surface area contributed by atoms with Gasteiger partial charge in [-0.2, -0.15) is 0 Å². The molecule has 0 fully saturated rings. The molecule has 0 bridgehead atoms. The number of carbonyl (C=O) groups is 1. The van der Waals surface area contributed by atoms with Crippen molar-refractivity contribution in [3.8, 4) is 0 Å². The van der Waals surface area contributed by atoms with E-state index in [2.05, 4.69) is 6.58 Å². The van der Waals surface area contributed by atoms with Crippen molar-refractivity contribution < 1.29 is 4.79 Å². The zero-order chi connectivity index (χ0) is 9.14. The summed E-state index contributed by atoms with van der Waals surface area (Å²) in [6.07, 6.45) is 1.43. The number of pyridine rings is 1. The molecule has 0 spiro atoms. The molecule has 12 heavy (non-hydrogen) atoms. The van der Waals surface area contributed by atoms with E-state index in [-0.39, 0.29) is 11.5 Å². The number of hydrogen-bond acceptors (Lipinski definition) is 2. The van der Waals surface area contributed by atoms with Crippen molar-refractivity contribution >= 4 is 5.91 Å². The van der Waals surface area contributed by atoms with Gasteiger partial charge < -0.3 is 0 Å². The number of carbonyl (C=O) groups excluding carboxylic acids is 1. The Morgan fingerprint density at radius 1 is 1.50 bits per heavy atom. The van der Waals surface area contributed by atoms with Gasteiger partial charge in [0.2, 0.25) is 0 Å². The van der Waals surface area contributed by atoms with Gasteiger partial charge in [-0.3, -0.25) is 14.2 Å². The topological polar surface area (TPSA) is 39.1 Å². The van der Waals surface area contributed by atoms with Crippen molar-refractivity contribution in [3.63, 3.8) is 0 Å². The van der Waals surface area contributed by atoms with Gasteiger partial charge in [0, 0.05) is 17.8 Å². The van der Waals surface area contributed by atoms with Crippen LogP contribution in [0.3, 0.4) is 0 Å². The van der Waals surface area contributed by atoms with Crippen LogP contribution in [0.15, 0.2) is 41.3 Å². The summed E-state index contributed by atoms with van der Waals surface area (Å²) in [5.41, 5.74) is 0.0220. The lowest BCUT2D eigenvalue weighted by atomic mass is 10.3. The number of allylic oxidation sites excluding steroid dienone is 1. The SMILES string of the molecule is C=C(C)C(=O)n1ccccc1=O. The van der Waals surface area contributed by atoms with Crippen molar-refractivity contribution in [1.82, 2.24) is 4.57 Å². The molecule has 0 saturated heterocycles. The first-order chi connectivity index (χ1) is 5.63. The number of rotatable bonds is 1. The average molecular weight is 163 g/mol. The summed E-state index contributed by atoms with van der Waals surface area (Å²) in [7, 11) is 0. The van der Waals surface area contributed by atoms with Crippen molar-refractivity contribution in [1.29, 1.82) is 0 Å². The van der Waals surface area contributed by atoms with Crippen LogP contribution in [0.1, 0.15) is 11.7 Å². The Labute approximate surface area is 70.0 Å². The molecule has 0 aliphatic heterocycles. The Balaban J connectivity index is 3.21. The van der Waals surface area contributed by atoms with Gasteiger partial charge in [-0.25, -0.2) is 0 Å². The molecule has 0 saturated carbocycles. The first-order valence-electron chi connectivity index (χ1n) is 3.51. The summed E-state index contributed by atoms with van der Waals surface area (Å²) in [6.45, 7) is 5.03. The van der Waals surface area contributed by atoms with E-state index in [0.29, 0.717) is 5.57 Å². The third kappa shape index (κ3) is 1.50. The number of hydrogen-bond donors (Lipinski definition) is 0. The fraction of sp³-hybridized carbons (Fsp3) is 0.111. The summed E-state index contributed by atoms with van der Waals surface area (Å²) >= 11 is 0. The lowest BCUT2D eigenvalue weighted by molar-refractivity contribution is 0.0951. The summed E-state index contributed by atoms with van der Waals surface area (Å²) in [6, 6.07) is 4.55. The molecule has 1 aromatic rings. The second-order valence-corrected chi connectivity index (χ2v) is 2.49. The monoisotopic (exact) mass is 163 g/mol. The van der Waals surface area contributed by atoms with Crippen molar-refractivity contribution in [2.75, 3.05) is 0 Å². The molecule has 0 aromatic carbocycles. The highest BCUT2D eigenvalue weighted by molar-refractivity contribution is 5.93. The maximum Gasteiger partial charge on any atom is 0.259 e. The normalized spacial score (nSPS) is 9.42. The third-order valence-corrected chi connectivity index (χ3v) is 1.41. The van der Waals surface area contributed by atoms with Crippen molar-refractivity contribution in [3.05, 3.63) is 46.9 Å². The van der Waals surface area contributed by atoms with Crippen molar-refractivity contribution in [2.45, 2.75) is 6.92 Å². The van der Waals surface area contributed by atoms with Crippen LogP contribution in [-0.2, 0) is 0 Å². The minimum absolute atomic E-state index is 0.328. The maximum absolute atomic E-state index is 11.2. The van der Waals surface area contributed by atoms with E-state index in [9.17, 15) is 9.59 Å². The summed E-state index contributed by atoms with van der Waals surface area (Å²) in [5.74, 6) is -0.361. The standard InChI is InChI=1S/C9H9NO2/c1-7(2)9(12)10-6-4-3-5-8(10)11/h3-6H,1H2,2H3. The molecule has 0 N–H and O–H groups in total. The molecule has 3 heteroatoms. The molecular formula is C9H9NO2. The van der Waals surface area contributed by atoms with Gasteiger partial charge in [0.05, 0.1) is 0 Å². The number of aromatic nitrogens is 1. The second kappa shape index (κ2) is 3.17. The van der Waals surface area contributed by atoms with Crippen LogP contribution in [0.4, 0.5) is 0 Å². The highest BCUT2D eigenvalue weighted by atomic mass is 16.2. The fourth-order valence-corrected chi connectivity index (χ4v) is 0.801. The molecule has 0 atom stereocenters. The smallest absolute Gasteiger partial charge is 0.259 e. The Morgan fingerprint density at radius 2 is 2.17 bits per heavy atom. The summed E-state index contributed by atoms with van der Waals surface area (Å²) in [4.78, 5) is 22.3. The fourth-order valence-electron chi connectivity index (χ4n) is 0.801. The Bertz CT molecular complexity index is 376. The Morgan fingerprint density at radius 3 is 2.67 bits per heavy atom. The van der Waals surface area contributed by atoms with Crippen LogP contribution in [0.2, 0.25) is 0 Å². The third-order valence-electron chi connectivity index (χ3n) is 1.41. The van der Waals surface area contributed by atoms with E-state index in [1.165, 1.54) is 12.3 Å². The van der Waals surface area contributed by atoms with Gasteiger partial charge in [-0.1, -0.05) is 12.6 Å². The van der Waals surface area contributed by atoms with Gasteiger partial charge in [-0.05, 0) is 13.0 Å². The molecule has 0 aliphatic carbocycles. The lowest BCUT2D eigenvalue weighted by Crippen LogP contribution is -2.25. The van der Waals surface area contributed by atoms with E-state index in [1.807, 2.05) is 0 Å². The predicted molar refractivity (Wildman–Crippen MR) is 46.1 cm³/mol. The lowest BCUT2D eigenvalue weighted by Gasteiger charge is -2.00. The molecule has 3 nitrogen and oxygen atoms in total. The van der Waals surface area contributed by atoms with Gasteiger partial charge in [-0.15, -0.1) is 0 Å². The van der Waals surface area contributed by atoms with Gasteiger partial charge in [0.1, 0.15) is 0 Å². The Kier molecular flexibility index (Phi) is 2.24. The van der Waals surface area contributed by atoms with E-state index < -0.39 is 0 Å². The van der Waals surface area contributed by atoms with Crippen LogP contribution in [0.25, 0.3) is 0 Å². The zero-order valence-electron chi connectivity index (χ0n) is 6.78. The molecular weight excluding hydrogens is 154 g/mol. The highest BCUT2D eigenvalue weighted by Crippen LogP contribution is 1.92. The molecule has 0 radical (unpaired) electrons. The van der Waals surface area contributed by atoms with Gasteiger partial charge >= 0.3 is 0 Å². The zero-order valence-corrected chi connectivity index (χ0v) is 6.78. The van der Waals surface area contributed by atoms with E-state index in [0.717, 1.165) is 4.57 Å². The Hall–Kier alpha value is -1.64. The van der Waals surface area contributed by atoms with E-state index in [1.54, 1.807) is 19.1 Å². The van der Waals surface area contributed by atoms with Crippen molar-refractivity contribution in [2.24, 2.45) is 0 Å². The highest BCUT2D eigenvalue weighted by Gasteiger charge is 2.04. The molecule has 1 rings (SSSR count). The predicted octanol–water partition coefficient (Wildman–Crippen LogP) is 1.06. The first-order valence-corrected chi connectivity index (χ1v) is 3.51. The van der Waals surface area contributed by atoms with Crippen LogP contribution < -0.4 is 5.56 Å². The largest absolute Gasteiger partial charge is 0.269 e. The van der Waals surface area contributed by atoms with Crippen LogP contribution in [-0.4, -0.2) is 10.5 Å². The minimum Gasteiger partial charge on any atom is -0.269 e. The maximum atomic E-state index is 11.2. The summed E-state index contributed by atoms with van der Waals surface area (Å²) < 4.78 is 1.03. The molecule has 0 amide bonds.